The van der Waals surface area contributed by atoms with Crippen molar-refractivity contribution in [1.29, 1.82) is 0 Å². The summed E-state index contributed by atoms with van der Waals surface area (Å²) in [5, 5.41) is 14.0. The van der Waals surface area contributed by atoms with Crippen LogP contribution >= 0.6 is 0 Å². The highest BCUT2D eigenvalue weighted by molar-refractivity contribution is 5.87. The Hall–Kier alpha value is -4.67. The van der Waals surface area contributed by atoms with E-state index in [0.29, 0.717) is 23.8 Å². The second kappa shape index (κ2) is 15.5. The number of piperazine rings is 1. The van der Waals surface area contributed by atoms with Crippen molar-refractivity contribution < 1.29 is 19.4 Å². The molecule has 1 amide bonds. The Kier molecular flexibility index (Phi) is 11.2. The third kappa shape index (κ3) is 8.24. The van der Waals surface area contributed by atoms with Crippen LogP contribution in [-0.4, -0.2) is 84.5 Å². The lowest BCUT2D eigenvalue weighted by molar-refractivity contribution is 0.145. The Morgan fingerprint density at radius 2 is 1.65 bits per heavy atom. The molecule has 10 heteroatoms. The van der Waals surface area contributed by atoms with Gasteiger partial charge in [-0.25, -0.2) is 14.7 Å². The van der Waals surface area contributed by atoms with Gasteiger partial charge in [-0.05, 0) is 94.1 Å². The van der Waals surface area contributed by atoms with E-state index in [0.717, 1.165) is 78.1 Å². The molecule has 1 saturated heterocycles. The lowest BCUT2D eigenvalue weighted by atomic mass is 9.86. The largest absolute Gasteiger partial charge is 0.493 e. The van der Waals surface area contributed by atoms with E-state index in [2.05, 4.69) is 52.3 Å². The zero-order valence-electron chi connectivity index (χ0n) is 29.2. The number of aromatic nitrogens is 2. The first kappa shape index (κ1) is 34.7. The van der Waals surface area contributed by atoms with E-state index in [4.69, 9.17) is 14.5 Å². The molecule has 1 aliphatic rings. The maximum Gasteiger partial charge on any atom is 0.413 e. The predicted molar refractivity (Wildman–Crippen MR) is 191 cm³/mol. The van der Waals surface area contributed by atoms with Gasteiger partial charge >= 0.3 is 6.09 Å². The fourth-order valence-corrected chi connectivity index (χ4v) is 6.52. The first-order chi connectivity index (χ1) is 23.0. The van der Waals surface area contributed by atoms with Gasteiger partial charge in [-0.1, -0.05) is 41.5 Å². The highest BCUT2D eigenvalue weighted by atomic mass is 16.5. The molecule has 1 atom stereocenters. The molecular formula is C38H48N6O4. The number of nitrogens with zero attached hydrogens (tertiary/aromatic N) is 5. The van der Waals surface area contributed by atoms with Crippen LogP contribution < -0.4 is 19.7 Å². The number of methoxy groups -OCH3 is 1. The SMILES string of the molecule is COc1cc(Nc2nccc(N(C(=O)O)C(c3cc(C)ccc3C)c3c(C)cc(C)cc3C)n2)ccc1OCCCN1CCN(C)CC1. The van der Waals surface area contributed by atoms with Crippen molar-refractivity contribution in [3.05, 3.63) is 99.7 Å². The number of likely N-dealkylation sites (N-methyl/N-ethyl adjacent to an activating group) is 1. The van der Waals surface area contributed by atoms with Crippen molar-refractivity contribution in [2.45, 2.75) is 47.1 Å². The Balaban J connectivity index is 1.39. The Morgan fingerprint density at radius 1 is 0.917 bits per heavy atom. The summed E-state index contributed by atoms with van der Waals surface area (Å²) in [6.07, 6.45) is 1.39. The van der Waals surface area contributed by atoms with Crippen molar-refractivity contribution in [3.8, 4) is 11.5 Å². The van der Waals surface area contributed by atoms with E-state index in [9.17, 15) is 9.90 Å². The summed E-state index contributed by atoms with van der Waals surface area (Å²) in [7, 11) is 3.77. The van der Waals surface area contributed by atoms with Crippen molar-refractivity contribution in [2.75, 3.05) is 63.7 Å². The number of carboxylic acid groups (broad SMARTS) is 1. The third-order valence-corrected chi connectivity index (χ3v) is 8.98. The van der Waals surface area contributed by atoms with E-state index in [1.807, 2.05) is 58.0 Å². The number of anilines is 3. The van der Waals surface area contributed by atoms with E-state index in [1.165, 1.54) is 4.90 Å². The minimum absolute atomic E-state index is 0.262. The van der Waals surface area contributed by atoms with Crippen molar-refractivity contribution >= 4 is 23.5 Å². The maximum atomic E-state index is 13.2. The quantitative estimate of drug-likeness (QED) is 0.156. The fraction of sp³-hybridized carbons (Fsp3) is 0.395. The van der Waals surface area contributed by atoms with Crippen LogP contribution in [0.2, 0.25) is 0 Å². The Bertz CT molecular complexity index is 1710. The van der Waals surface area contributed by atoms with Crippen molar-refractivity contribution in [1.82, 2.24) is 19.8 Å². The zero-order valence-corrected chi connectivity index (χ0v) is 29.2. The van der Waals surface area contributed by atoms with Gasteiger partial charge in [0.2, 0.25) is 5.95 Å². The number of benzene rings is 3. The molecule has 0 bridgehead atoms. The molecule has 0 aliphatic carbocycles. The van der Waals surface area contributed by atoms with Gasteiger partial charge in [-0.2, -0.15) is 4.98 Å². The summed E-state index contributed by atoms with van der Waals surface area (Å²) in [6.45, 7) is 16.1. The minimum Gasteiger partial charge on any atom is -0.493 e. The highest BCUT2D eigenvalue weighted by Crippen LogP contribution is 2.39. The molecule has 10 nitrogen and oxygen atoms in total. The lowest BCUT2D eigenvalue weighted by Crippen LogP contribution is -2.44. The molecule has 254 valence electrons. The second-order valence-corrected chi connectivity index (χ2v) is 12.8. The average Bonchev–Trinajstić information content (AvgIpc) is 3.04. The van der Waals surface area contributed by atoms with E-state index in [-0.39, 0.29) is 11.8 Å². The molecule has 1 fully saturated rings. The normalized spacial score (nSPS) is 14.4. The van der Waals surface area contributed by atoms with Crippen molar-refractivity contribution in [2.24, 2.45) is 0 Å². The van der Waals surface area contributed by atoms with Crippen LogP contribution in [0.5, 0.6) is 11.5 Å². The molecule has 5 rings (SSSR count). The number of nitrogens with one attached hydrogen (secondary N) is 1. The molecule has 3 aromatic carbocycles. The number of rotatable bonds is 12. The van der Waals surface area contributed by atoms with Gasteiger partial charge < -0.3 is 29.7 Å². The monoisotopic (exact) mass is 652 g/mol. The third-order valence-electron chi connectivity index (χ3n) is 8.98. The standard InChI is InChI=1S/C38H48N6O4/c1-25-9-10-27(3)31(23-25)36(35-28(4)21-26(2)22-29(35)5)44(38(45)46)34-13-14-39-37(41-34)40-30-11-12-32(33(24-30)47-7)48-20-8-15-43-18-16-42(6)17-19-43/h9-14,21-24,36H,8,15-20H2,1-7H3,(H,45,46)(H,39,40,41). The number of ether oxygens (including phenoxy) is 2. The van der Waals surface area contributed by atoms with Gasteiger partial charge in [0, 0.05) is 50.7 Å². The number of aryl methyl sites for hydroxylation is 5. The number of hydrogen-bond donors (Lipinski definition) is 2. The van der Waals surface area contributed by atoms with Gasteiger partial charge in [0.1, 0.15) is 5.82 Å². The van der Waals surface area contributed by atoms with Crippen LogP contribution in [0, 0.1) is 34.6 Å². The fourth-order valence-electron chi connectivity index (χ4n) is 6.52. The number of hydrogen-bond acceptors (Lipinski definition) is 8. The minimum atomic E-state index is -1.11. The summed E-state index contributed by atoms with van der Waals surface area (Å²) in [4.78, 5) is 28.5. The summed E-state index contributed by atoms with van der Waals surface area (Å²) in [5.74, 6) is 1.77. The van der Waals surface area contributed by atoms with E-state index in [1.54, 1.807) is 19.4 Å². The molecule has 2 heterocycles. The summed E-state index contributed by atoms with van der Waals surface area (Å²) < 4.78 is 11.7. The first-order valence-electron chi connectivity index (χ1n) is 16.5. The second-order valence-electron chi connectivity index (χ2n) is 12.8. The smallest absolute Gasteiger partial charge is 0.413 e. The summed E-state index contributed by atoms with van der Waals surface area (Å²) >= 11 is 0. The molecule has 1 aliphatic heterocycles. The average molecular weight is 653 g/mol. The molecule has 4 aromatic rings. The molecular weight excluding hydrogens is 604 g/mol. The van der Waals surface area contributed by atoms with Crippen LogP contribution in [0.1, 0.15) is 51.4 Å². The van der Waals surface area contributed by atoms with Gasteiger partial charge in [-0.15, -0.1) is 0 Å². The van der Waals surface area contributed by atoms with E-state index >= 15 is 0 Å². The van der Waals surface area contributed by atoms with Gasteiger partial charge in [-0.3, -0.25) is 0 Å². The molecule has 0 radical (unpaired) electrons. The Morgan fingerprint density at radius 3 is 2.33 bits per heavy atom. The van der Waals surface area contributed by atoms with Crippen LogP contribution in [0.3, 0.4) is 0 Å². The van der Waals surface area contributed by atoms with Crippen molar-refractivity contribution in [3.63, 3.8) is 0 Å². The van der Waals surface area contributed by atoms with Gasteiger partial charge in [0.05, 0.1) is 19.8 Å². The predicted octanol–water partition coefficient (Wildman–Crippen LogP) is 7.06. The number of carbonyl (C=O) groups is 1. The van der Waals surface area contributed by atoms with E-state index < -0.39 is 12.1 Å². The highest BCUT2D eigenvalue weighted by Gasteiger charge is 2.33. The maximum absolute atomic E-state index is 13.2. The van der Waals surface area contributed by atoms with Crippen LogP contribution in [0.15, 0.2) is 60.8 Å². The van der Waals surface area contributed by atoms with Gasteiger partial charge in [0.15, 0.2) is 11.5 Å². The molecule has 1 unspecified atom stereocenters. The molecule has 0 saturated carbocycles. The topological polar surface area (TPSA) is 103 Å². The summed E-state index contributed by atoms with van der Waals surface area (Å²) in [6, 6.07) is 16.9. The Labute approximate surface area is 284 Å². The molecule has 0 spiro atoms. The summed E-state index contributed by atoms with van der Waals surface area (Å²) in [5.41, 5.74) is 7.75. The first-order valence-corrected chi connectivity index (χ1v) is 16.5. The van der Waals surface area contributed by atoms with Crippen LogP contribution in [0.25, 0.3) is 0 Å². The zero-order chi connectivity index (χ0) is 34.4. The number of amides is 1. The molecule has 2 N–H and O–H groups in total. The molecule has 1 aromatic heterocycles. The van der Waals surface area contributed by atoms with Gasteiger partial charge in [0.25, 0.3) is 0 Å². The van der Waals surface area contributed by atoms with Crippen LogP contribution in [0.4, 0.5) is 22.2 Å². The molecule has 48 heavy (non-hydrogen) atoms. The lowest BCUT2D eigenvalue weighted by Gasteiger charge is -2.33. The van der Waals surface area contributed by atoms with Crippen LogP contribution in [-0.2, 0) is 0 Å².